The molecule has 3 aromatic carbocycles. The van der Waals surface area contributed by atoms with E-state index in [2.05, 4.69) is 41.6 Å². The van der Waals surface area contributed by atoms with Crippen molar-refractivity contribution in [2.24, 2.45) is 0 Å². The number of aromatic nitrogens is 1. The second kappa shape index (κ2) is 9.32. The molecule has 0 saturated carbocycles. The normalized spacial score (nSPS) is 11.8. The number of hydrogen-bond donors (Lipinski definition) is 2. The zero-order valence-electron chi connectivity index (χ0n) is 18.3. The van der Waals surface area contributed by atoms with Crippen LogP contribution in [0.25, 0.3) is 22.6 Å². The van der Waals surface area contributed by atoms with E-state index in [0.717, 1.165) is 34.3 Å². The molecule has 0 saturated heterocycles. The largest absolute Gasteiger partial charge is 0.436 e. The van der Waals surface area contributed by atoms with Crippen LogP contribution in [0.4, 0.5) is 5.69 Å². The number of rotatable bonds is 5. The van der Waals surface area contributed by atoms with Crippen molar-refractivity contribution in [2.75, 3.05) is 5.32 Å². The summed E-state index contributed by atoms with van der Waals surface area (Å²) < 4.78 is 5.94. The highest BCUT2D eigenvalue weighted by atomic mass is 32.1. The minimum Gasteiger partial charge on any atom is -0.436 e. The topological polar surface area (TPSA) is 67.2 Å². The first-order chi connectivity index (χ1) is 15.4. The zero-order valence-corrected chi connectivity index (χ0v) is 19.1. The van der Waals surface area contributed by atoms with E-state index in [1.54, 1.807) is 6.07 Å². The van der Waals surface area contributed by atoms with E-state index in [4.69, 9.17) is 16.6 Å². The van der Waals surface area contributed by atoms with E-state index in [1.807, 2.05) is 55.5 Å². The fourth-order valence-corrected chi connectivity index (χ4v) is 3.64. The Balaban J connectivity index is 1.43. The smallest absolute Gasteiger partial charge is 0.257 e. The molecule has 162 valence electrons. The summed E-state index contributed by atoms with van der Waals surface area (Å²) in [6, 6.07) is 21.1. The van der Waals surface area contributed by atoms with E-state index < -0.39 is 0 Å². The molecule has 32 heavy (non-hydrogen) atoms. The molecule has 4 rings (SSSR count). The molecular formula is C26H25N3O2S. The minimum absolute atomic E-state index is 0.240. The number of nitrogens with zero attached hydrogens (tertiary/aromatic N) is 1. The first-order valence-electron chi connectivity index (χ1n) is 10.6. The molecule has 1 amide bonds. The highest BCUT2D eigenvalue weighted by Crippen LogP contribution is 2.28. The van der Waals surface area contributed by atoms with E-state index in [1.165, 1.54) is 5.56 Å². The fourth-order valence-electron chi connectivity index (χ4n) is 3.43. The summed E-state index contributed by atoms with van der Waals surface area (Å²) in [6.07, 6.45) is 1.08. The molecular weight excluding hydrogens is 418 g/mol. The molecule has 4 aromatic rings. The van der Waals surface area contributed by atoms with Crippen molar-refractivity contribution >= 4 is 40.0 Å². The van der Waals surface area contributed by atoms with Crippen LogP contribution >= 0.6 is 12.2 Å². The Kier molecular flexibility index (Phi) is 6.32. The number of amides is 1. The number of aryl methyl sites for hydroxylation is 1. The monoisotopic (exact) mass is 443 g/mol. The lowest BCUT2D eigenvalue weighted by molar-refractivity contribution is 0.0977. The van der Waals surface area contributed by atoms with Crippen molar-refractivity contribution in [3.05, 3.63) is 83.4 Å². The summed E-state index contributed by atoms with van der Waals surface area (Å²) in [5, 5.41) is 5.98. The van der Waals surface area contributed by atoms with Gasteiger partial charge in [0.1, 0.15) is 5.52 Å². The number of carbonyl (C=O) groups is 1. The first-order valence-corrected chi connectivity index (χ1v) is 11.0. The van der Waals surface area contributed by atoms with Gasteiger partial charge in [-0.1, -0.05) is 37.6 Å². The Hall–Kier alpha value is -3.51. The number of thiocarbonyl (C=S) groups is 1. The summed E-state index contributed by atoms with van der Waals surface area (Å²) in [4.78, 5) is 17.0. The predicted octanol–water partition coefficient (Wildman–Crippen LogP) is 6.44. The van der Waals surface area contributed by atoms with Gasteiger partial charge in [0.15, 0.2) is 10.7 Å². The second-order valence-corrected chi connectivity index (χ2v) is 8.32. The molecule has 1 atom stereocenters. The Morgan fingerprint density at radius 1 is 1.09 bits per heavy atom. The number of hydrogen-bond acceptors (Lipinski definition) is 4. The molecule has 6 heteroatoms. The van der Waals surface area contributed by atoms with Gasteiger partial charge in [-0.15, -0.1) is 0 Å². The van der Waals surface area contributed by atoms with Crippen LogP contribution in [-0.4, -0.2) is 16.0 Å². The summed E-state index contributed by atoms with van der Waals surface area (Å²) in [5.74, 6) is 0.814. The van der Waals surface area contributed by atoms with Crippen molar-refractivity contribution in [3.8, 4) is 11.5 Å². The van der Waals surface area contributed by atoms with Crippen LogP contribution in [0.5, 0.6) is 0 Å². The maximum Gasteiger partial charge on any atom is 0.257 e. The van der Waals surface area contributed by atoms with Gasteiger partial charge in [0.05, 0.1) is 0 Å². The molecule has 5 nitrogen and oxygen atoms in total. The number of oxazole rings is 1. The molecule has 0 spiro atoms. The Bertz CT molecular complexity index is 1280. The summed E-state index contributed by atoms with van der Waals surface area (Å²) in [6.45, 7) is 6.33. The van der Waals surface area contributed by atoms with E-state index in [0.29, 0.717) is 17.4 Å². The van der Waals surface area contributed by atoms with Crippen molar-refractivity contribution in [1.82, 2.24) is 10.3 Å². The van der Waals surface area contributed by atoms with E-state index in [-0.39, 0.29) is 11.0 Å². The number of anilines is 1. The highest BCUT2D eigenvalue weighted by molar-refractivity contribution is 7.80. The van der Waals surface area contributed by atoms with Crippen molar-refractivity contribution in [3.63, 3.8) is 0 Å². The molecule has 0 fully saturated rings. The predicted molar refractivity (Wildman–Crippen MR) is 133 cm³/mol. The molecule has 0 radical (unpaired) electrons. The summed E-state index contributed by atoms with van der Waals surface area (Å²) in [5.41, 5.74) is 6.11. The SMILES string of the molecule is CC[C@H](C)c1ccc2oc(-c3ccc(NC(=S)NC(=O)c4cccc(C)c4)cc3)nc2c1. The van der Waals surface area contributed by atoms with Crippen LogP contribution in [0, 0.1) is 6.92 Å². The maximum absolute atomic E-state index is 12.3. The second-order valence-electron chi connectivity index (χ2n) is 7.91. The Labute approximate surface area is 192 Å². The van der Waals surface area contributed by atoms with Gasteiger partial charge >= 0.3 is 0 Å². The number of carbonyl (C=O) groups excluding carboxylic acids is 1. The molecule has 0 aliphatic rings. The molecule has 2 N–H and O–H groups in total. The van der Waals surface area contributed by atoms with Gasteiger partial charge in [-0.25, -0.2) is 4.98 Å². The van der Waals surface area contributed by atoms with Crippen LogP contribution in [0.2, 0.25) is 0 Å². The molecule has 1 aromatic heterocycles. The standard InChI is InChI=1S/C26H25N3O2S/c1-4-17(3)19-10-13-23-22(15-19)28-25(31-23)18-8-11-21(12-9-18)27-26(32)29-24(30)20-7-5-6-16(2)14-20/h5-15,17H,4H2,1-3H3,(H2,27,29,30,32)/t17-/m0/s1. The van der Waals surface area contributed by atoms with Crippen LogP contribution < -0.4 is 10.6 Å². The van der Waals surface area contributed by atoms with Gasteiger partial charge in [-0.05, 0) is 85.6 Å². The van der Waals surface area contributed by atoms with Crippen LogP contribution in [0.15, 0.2) is 71.1 Å². The van der Waals surface area contributed by atoms with Gasteiger partial charge in [-0.3, -0.25) is 10.1 Å². The Morgan fingerprint density at radius 3 is 2.59 bits per heavy atom. The lowest BCUT2D eigenvalue weighted by atomic mass is 9.98. The lowest BCUT2D eigenvalue weighted by Crippen LogP contribution is -2.34. The molecule has 0 aliphatic carbocycles. The third-order valence-corrected chi connectivity index (χ3v) is 5.69. The first kappa shape index (κ1) is 21.7. The van der Waals surface area contributed by atoms with Gasteiger partial charge in [-0.2, -0.15) is 0 Å². The van der Waals surface area contributed by atoms with Crippen LogP contribution in [0.3, 0.4) is 0 Å². The third-order valence-electron chi connectivity index (χ3n) is 5.49. The van der Waals surface area contributed by atoms with Crippen molar-refractivity contribution in [2.45, 2.75) is 33.1 Å². The molecule has 1 heterocycles. The van der Waals surface area contributed by atoms with E-state index >= 15 is 0 Å². The van der Waals surface area contributed by atoms with Gasteiger partial charge in [0, 0.05) is 16.8 Å². The lowest BCUT2D eigenvalue weighted by Gasteiger charge is -2.10. The van der Waals surface area contributed by atoms with Crippen LogP contribution in [0.1, 0.15) is 47.7 Å². The van der Waals surface area contributed by atoms with Crippen molar-refractivity contribution < 1.29 is 9.21 Å². The Morgan fingerprint density at radius 2 is 1.88 bits per heavy atom. The molecule has 0 unspecified atom stereocenters. The van der Waals surface area contributed by atoms with Gasteiger partial charge in [0.2, 0.25) is 5.89 Å². The van der Waals surface area contributed by atoms with E-state index in [9.17, 15) is 4.79 Å². The average Bonchev–Trinajstić information content (AvgIpc) is 3.22. The maximum atomic E-state index is 12.3. The zero-order chi connectivity index (χ0) is 22.7. The fraction of sp³-hybridized carbons (Fsp3) is 0.192. The van der Waals surface area contributed by atoms with Crippen molar-refractivity contribution in [1.29, 1.82) is 0 Å². The third kappa shape index (κ3) is 4.86. The number of benzene rings is 3. The molecule has 0 aliphatic heterocycles. The number of fused-ring (bicyclic) bond motifs is 1. The van der Waals surface area contributed by atoms with Gasteiger partial charge in [0.25, 0.3) is 5.91 Å². The van der Waals surface area contributed by atoms with Crippen LogP contribution in [-0.2, 0) is 0 Å². The van der Waals surface area contributed by atoms with Gasteiger partial charge < -0.3 is 9.73 Å². The average molecular weight is 444 g/mol. The summed E-state index contributed by atoms with van der Waals surface area (Å²) >= 11 is 5.28. The quantitative estimate of drug-likeness (QED) is 0.347. The minimum atomic E-state index is -0.244. The number of nitrogens with one attached hydrogen (secondary N) is 2. The molecule has 0 bridgehead atoms. The summed E-state index contributed by atoms with van der Waals surface area (Å²) in [7, 11) is 0. The highest BCUT2D eigenvalue weighted by Gasteiger charge is 2.12.